The van der Waals surface area contributed by atoms with Crippen LogP contribution in [0.1, 0.15) is 44.9 Å². The second-order valence-electron chi connectivity index (χ2n) is 10.6. The lowest BCUT2D eigenvalue weighted by molar-refractivity contribution is -0.124. The molecule has 2 aliphatic carbocycles. The van der Waals surface area contributed by atoms with Gasteiger partial charge in [-0.15, -0.1) is 0 Å². The van der Waals surface area contributed by atoms with Crippen LogP contribution in [-0.2, 0) is 25.7 Å². The average molecular weight is 569 g/mol. The predicted molar refractivity (Wildman–Crippen MR) is 152 cm³/mol. The summed E-state index contributed by atoms with van der Waals surface area (Å²) in [5, 5.41) is 19.7. The van der Waals surface area contributed by atoms with Gasteiger partial charge in [0.15, 0.2) is 11.0 Å². The number of nitrogens with zero attached hydrogens (tertiary/aromatic N) is 3. The molecule has 0 unspecified atom stereocenters. The van der Waals surface area contributed by atoms with E-state index in [0.717, 1.165) is 53.4 Å². The van der Waals surface area contributed by atoms with Gasteiger partial charge in [-0.25, -0.2) is 15.0 Å². The Hall–Kier alpha value is -3.03. The zero-order valence-electron chi connectivity index (χ0n) is 22.8. The maximum Gasteiger partial charge on any atom is 0.246 e. The monoisotopic (exact) mass is 568 g/mol. The highest BCUT2D eigenvalue weighted by atomic mass is 32.1. The van der Waals surface area contributed by atoms with Gasteiger partial charge >= 0.3 is 0 Å². The van der Waals surface area contributed by atoms with E-state index in [0.29, 0.717) is 17.5 Å². The number of aliphatic hydroxyl groups excluding tert-OH is 1. The van der Waals surface area contributed by atoms with Gasteiger partial charge in [-0.2, -0.15) is 0 Å². The molecular weight excluding hydrogens is 532 g/mol. The quantitative estimate of drug-likeness (QED) is 0.259. The molecule has 2 heterocycles. The van der Waals surface area contributed by atoms with E-state index >= 15 is 0 Å². The standard InChI is InChI=1S/C28H36N6O5S/c1-16(11-31-26(36)15-38-2)32-20-8-18(9-20)27(37)34-28-33-21-7-6-17(10-24(21)40-28)19-12-29-25(30-13-19)14-39-23-5-3-4-22(23)35/h6-7,10,12-13,16,18,20,22-23,32,35H,3-5,8-9,11,14-15H2,1-2H3,(H,31,36)(H,33,34,37)/t16-,18?,20?,22-,23-/m0/s1. The molecule has 3 aromatic rings. The van der Waals surface area contributed by atoms with E-state index in [9.17, 15) is 14.7 Å². The fraction of sp³-hybridized carbons (Fsp3) is 0.536. The Bertz CT molecular complexity index is 1310. The van der Waals surface area contributed by atoms with Crippen molar-refractivity contribution >= 4 is 38.5 Å². The summed E-state index contributed by atoms with van der Waals surface area (Å²) >= 11 is 1.44. The second-order valence-corrected chi connectivity index (χ2v) is 11.6. The van der Waals surface area contributed by atoms with Crippen LogP contribution in [0.2, 0.25) is 0 Å². The molecule has 12 heteroatoms. The molecule has 0 saturated heterocycles. The Morgan fingerprint density at radius 2 is 1.98 bits per heavy atom. The van der Waals surface area contributed by atoms with Crippen molar-refractivity contribution in [1.29, 1.82) is 0 Å². The van der Waals surface area contributed by atoms with Crippen LogP contribution in [0, 0.1) is 5.92 Å². The first-order valence-corrected chi connectivity index (χ1v) is 14.5. The number of methoxy groups -OCH3 is 1. The zero-order valence-corrected chi connectivity index (χ0v) is 23.6. The lowest BCUT2D eigenvalue weighted by atomic mass is 9.79. The molecule has 0 aliphatic heterocycles. The third-order valence-corrected chi connectivity index (χ3v) is 8.34. The first kappa shape index (κ1) is 28.5. The molecule has 5 rings (SSSR count). The number of fused-ring (bicyclic) bond motifs is 1. The molecule has 2 aliphatic rings. The van der Waals surface area contributed by atoms with Crippen molar-refractivity contribution < 1.29 is 24.2 Å². The number of hydrogen-bond acceptors (Lipinski definition) is 10. The highest BCUT2D eigenvalue weighted by Gasteiger charge is 2.35. The van der Waals surface area contributed by atoms with Crippen molar-refractivity contribution in [2.24, 2.45) is 5.92 Å². The lowest BCUT2D eigenvalue weighted by Crippen LogP contribution is -2.51. The number of aromatic nitrogens is 3. The van der Waals surface area contributed by atoms with Gasteiger partial charge in [0.1, 0.15) is 13.2 Å². The number of amides is 2. The van der Waals surface area contributed by atoms with E-state index in [1.165, 1.54) is 18.4 Å². The van der Waals surface area contributed by atoms with E-state index in [1.54, 1.807) is 12.4 Å². The van der Waals surface area contributed by atoms with Crippen LogP contribution in [0.25, 0.3) is 21.3 Å². The predicted octanol–water partition coefficient (Wildman–Crippen LogP) is 2.64. The van der Waals surface area contributed by atoms with E-state index in [4.69, 9.17) is 9.47 Å². The van der Waals surface area contributed by atoms with E-state index in [-0.39, 0.29) is 49.1 Å². The number of ether oxygens (including phenoxy) is 2. The number of hydrogen-bond donors (Lipinski definition) is 4. The largest absolute Gasteiger partial charge is 0.390 e. The van der Waals surface area contributed by atoms with Crippen molar-refractivity contribution in [2.45, 2.75) is 69.9 Å². The topological polar surface area (TPSA) is 148 Å². The Kier molecular flexibility index (Phi) is 9.33. The van der Waals surface area contributed by atoms with Crippen LogP contribution in [0.5, 0.6) is 0 Å². The minimum absolute atomic E-state index is 0.0188. The molecule has 2 aromatic heterocycles. The minimum Gasteiger partial charge on any atom is -0.390 e. The Labute approximate surface area is 237 Å². The SMILES string of the molecule is COCC(=O)NC[C@H](C)NC1CC(C(=O)Nc2nc3ccc(-c4cnc(CO[C@H]5CCC[C@@H]5O)nc4)cc3s2)C1. The third kappa shape index (κ3) is 7.18. The first-order valence-electron chi connectivity index (χ1n) is 13.7. The number of anilines is 1. The number of carbonyl (C=O) groups excluding carboxylic acids is 2. The molecule has 40 heavy (non-hydrogen) atoms. The van der Waals surface area contributed by atoms with Crippen molar-refractivity contribution in [3.63, 3.8) is 0 Å². The number of rotatable bonds is 12. The van der Waals surface area contributed by atoms with Crippen LogP contribution >= 0.6 is 11.3 Å². The van der Waals surface area contributed by atoms with Gasteiger partial charge in [0, 0.05) is 49.6 Å². The van der Waals surface area contributed by atoms with Crippen LogP contribution in [0.4, 0.5) is 5.13 Å². The lowest BCUT2D eigenvalue weighted by Gasteiger charge is -2.36. The molecule has 2 amide bonds. The molecule has 2 saturated carbocycles. The number of carbonyl (C=O) groups is 2. The summed E-state index contributed by atoms with van der Waals surface area (Å²) in [7, 11) is 1.49. The highest BCUT2D eigenvalue weighted by Crippen LogP contribution is 2.33. The molecule has 0 bridgehead atoms. The molecule has 1 aromatic carbocycles. The molecule has 3 atom stereocenters. The Morgan fingerprint density at radius 3 is 2.70 bits per heavy atom. The van der Waals surface area contributed by atoms with Crippen molar-refractivity contribution in [2.75, 3.05) is 25.6 Å². The van der Waals surface area contributed by atoms with Crippen molar-refractivity contribution in [3.8, 4) is 11.1 Å². The molecule has 214 valence electrons. The number of benzene rings is 1. The summed E-state index contributed by atoms with van der Waals surface area (Å²) in [6, 6.07) is 6.29. The Morgan fingerprint density at radius 1 is 1.18 bits per heavy atom. The molecule has 11 nitrogen and oxygen atoms in total. The van der Waals surface area contributed by atoms with Gasteiger partial charge in [0.25, 0.3) is 0 Å². The molecule has 2 fully saturated rings. The summed E-state index contributed by atoms with van der Waals surface area (Å²) in [6.07, 6.45) is 7.15. The summed E-state index contributed by atoms with van der Waals surface area (Å²) in [5.74, 6) is 0.364. The zero-order chi connectivity index (χ0) is 28.1. The average Bonchev–Trinajstić information content (AvgIpc) is 3.52. The maximum atomic E-state index is 12.8. The summed E-state index contributed by atoms with van der Waals surface area (Å²) in [5.41, 5.74) is 2.67. The van der Waals surface area contributed by atoms with Crippen LogP contribution in [0.15, 0.2) is 30.6 Å². The van der Waals surface area contributed by atoms with Gasteiger partial charge < -0.3 is 30.5 Å². The fourth-order valence-corrected chi connectivity index (χ4v) is 6.01. The molecule has 0 spiro atoms. The van der Waals surface area contributed by atoms with Gasteiger partial charge in [0.2, 0.25) is 11.8 Å². The Balaban J connectivity index is 1.10. The first-order chi connectivity index (χ1) is 19.4. The smallest absolute Gasteiger partial charge is 0.246 e. The number of thiazole rings is 1. The van der Waals surface area contributed by atoms with Crippen LogP contribution < -0.4 is 16.0 Å². The fourth-order valence-electron chi connectivity index (χ4n) is 5.10. The van der Waals surface area contributed by atoms with Gasteiger partial charge in [-0.3, -0.25) is 9.59 Å². The van der Waals surface area contributed by atoms with Crippen LogP contribution in [0.3, 0.4) is 0 Å². The van der Waals surface area contributed by atoms with Gasteiger partial charge in [-0.1, -0.05) is 17.4 Å². The van der Waals surface area contributed by atoms with E-state index in [1.807, 2.05) is 25.1 Å². The van der Waals surface area contributed by atoms with Crippen molar-refractivity contribution in [3.05, 3.63) is 36.4 Å². The number of aliphatic hydroxyl groups is 1. The van der Waals surface area contributed by atoms with E-state index < -0.39 is 6.10 Å². The normalized spacial score (nSPS) is 23.1. The summed E-state index contributed by atoms with van der Waals surface area (Å²) in [6.45, 7) is 2.85. The van der Waals surface area contributed by atoms with Gasteiger partial charge in [0.05, 0.1) is 22.4 Å². The maximum absolute atomic E-state index is 12.8. The van der Waals surface area contributed by atoms with Crippen molar-refractivity contribution in [1.82, 2.24) is 25.6 Å². The summed E-state index contributed by atoms with van der Waals surface area (Å²) in [4.78, 5) is 37.8. The number of nitrogens with one attached hydrogen (secondary N) is 3. The molecule has 4 N–H and O–H groups in total. The molecular formula is C28H36N6O5S. The second kappa shape index (κ2) is 13.1. The minimum atomic E-state index is -0.398. The highest BCUT2D eigenvalue weighted by molar-refractivity contribution is 7.22. The van der Waals surface area contributed by atoms with Gasteiger partial charge in [-0.05, 0) is 56.7 Å². The third-order valence-electron chi connectivity index (χ3n) is 7.41. The van der Waals surface area contributed by atoms with Crippen LogP contribution in [-0.4, -0.2) is 76.4 Å². The summed E-state index contributed by atoms with van der Waals surface area (Å²) < 4.78 is 11.6. The van der Waals surface area contributed by atoms with E-state index in [2.05, 4.69) is 30.9 Å². The molecule has 0 radical (unpaired) electrons.